The molecule has 7 nitrogen and oxygen atoms in total. The van der Waals surface area contributed by atoms with Gasteiger partial charge in [0.2, 0.25) is 5.89 Å². The third kappa shape index (κ3) is 3.69. The number of hydrogen-bond donors (Lipinski definition) is 2. The summed E-state index contributed by atoms with van der Waals surface area (Å²) < 4.78 is 4.97. The van der Waals surface area contributed by atoms with Crippen LogP contribution in [0.4, 0.5) is 9.93 Å². The van der Waals surface area contributed by atoms with Gasteiger partial charge < -0.3 is 9.84 Å². The smallest absolute Gasteiger partial charge is 0.321 e. The maximum Gasteiger partial charge on any atom is 0.321 e. The van der Waals surface area contributed by atoms with E-state index in [0.717, 1.165) is 25.0 Å². The molecule has 0 saturated heterocycles. The summed E-state index contributed by atoms with van der Waals surface area (Å²) in [6.07, 6.45) is 3.89. The van der Waals surface area contributed by atoms with E-state index in [9.17, 15) is 4.79 Å². The fourth-order valence-electron chi connectivity index (χ4n) is 2.69. The summed E-state index contributed by atoms with van der Waals surface area (Å²) in [5.74, 6) is 1.67. The normalized spacial score (nSPS) is 18.3. The number of amides is 2. The molecule has 0 fully saturated rings. The summed E-state index contributed by atoms with van der Waals surface area (Å²) in [5, 5.41) is 10.2. The molecule has 1 aliphatic carbocycles. The van der Waals surface area contributed by atoms with Crippen molar-refractivity contribution < 1.29 is 9.32 Å². The van der Waals surface area contributed by atoms with Crippen molar-refractivity contribution in [2.45, 2.75) is 52.5 Å². The largest absolute Gasteiger partial charge is 0.340 e. The maximum atomic E-state index is 12.2. The molecule has 8 heteroatoms. The molecular weight excluding hydrogens is 314 g/mol. The summed E-state index contributed by atoms with van der Waals surface area (Å²) in [7, 11) is 0. The monoisotopic (exact) mass is 335 g/mol. The van der Waals surface area contributed by atoms with Crippen molar-refractivity contribution in [3.8, 4) is 0 Å². The van der Waals surface area contributed by atoms with Crippen molar-refractivity contribution in [3.63, 3.8) is 0 Å². The van der Waals surface area contributed by atoms with Crippen LogP contribution in [0.5, 0.6) is 0 Å². The first-order valence-electron chi connectivity index (χ1n) is 7.91. The summed E-state index contributed by atoms with van der Waals surface area (Å²) in [6, 6.07) is -0.569. The topological polar surface area (TPSA) is 92.9 Å². The summed E-state index contributed by atoms with van der Waals surface area (Å²) in [4.78, 5) is 22.2. The molecule has 3 rings (SSSR count). The van der Waals surface area contributed by atoms with Crippen molar-refractivity contribution in [1.82, 2.24) is 20.4 Å². The van der Waals surface area contributed by atoms with Crippen LogP contribution in [0.15, 0.2) is 4.52 Å². The highest BCUT2D eigenvalue weighted by Crippen LogP contribution is 2.32. The molecule has 2 amide bonds. The van der Waals surface area contributed by atoms with E-state index < -0.39 is 0 Å². The summed E-state index contributed by atoms with van der Waals surface area (Å²) in [5.41, 5.74) is 1.13. The minimum Gasteiger partial charge on any atom is -0.340 e. The first-order valence-corrected chi connectivity index (χ1v) is 8.73. The molecule has 0 radical (unpaired) electrons. The zero-order valence-electron chi connectivity index (χ0n) is 13.5. The van der Waals surface area contributed by atoms with Gasteiger partial charge in [-0.2, -0.15) is 4.98 Å². The Kier molecular flexibility index (Phi) is 4.61. The lowest BCUT2D eigenvalue weighted by Gasteiger charge is -2.15. The van der Waals surface area contributed by atoms with Gasteiger partial charge in [-0.05, 0) is 31.6 Å². The van der Waals surface area contributed by atoms with E-state index in [-0.39, 0.29) is 12.1 Å². The van der Waals surface area contributed by atoms with Crippen molar-refractivity contribution in [2.75, 3.05) is 5.32 Å². The number of urea groups is 1. The number of carbonyl (C=O) groups excluding carboxylic acids is 1. The molecule has 0 spiro atoms. The number of nitrogens with one attached hydrogen (secondary N) is 2. The molecule has 2 aromatic heterocycles. The highest BCUT2D eigenvalue weighted by Gasteiger charge is 2.22. The van der Waals surface area contributed by atoms with Gasteiger partial charge in [0.15, 0.2) is 11.0 Å². The first kappa shape index (κ1) is 15.9. The number of anilines is 1. The van der Waals surface area contributed by atoms with E-state index in [2.05, 4.69) is 32.7 Å². The second-order valence-electron chi connectivity index (χ2n) is 5.97. The zero-order chi connectivity index (χ0) is 16.4. The Morgan fingerprint density at radius 3 is 3.00 bits per heavy atom. The highest BCUT2D eigenvalue weighted by molar-refractivity contribution is 7.15. The number of aromatic nitrogens is 3. The molecule has 1 aliphatic rings. The van der Waals surface area contributed by atoms with Crippen LogP contribution in [0, 0.1) is 12.8 Å². The summed E-state index contributed by atoms with van der Waals surface area (Å²) >= 11 is 1.57. The molecular formula is C15H21N5O2S. The Hall–Kier alpha value is -1.96. The third-order valence-electron chi connectivity index (χ3n) is 3.98. The molecule has 0 bridgehead atoms. The minimum absolute atomic E-state index is 0.276. The van der Waals surface area contributed by atoms with Crippen LogP contribution in [-0.2, 0) is 12.8 Å². The molecule has 2 aromatic rings. The second kappa shape index (κ2) is 6.66. The van der Waals surface area contributed by atoms with Crippen LogP contribution in [0.1, 0.15) is 55.0 Å². The predicted molar refractivity (Wildman–Crippen MR) is 87.5 cm³/mol. The van der Waals surface area contributed by atoms with E-state index in [1.807, 2.05) is 6.92 Å². The van der Waals surface area contributed by atoms with Gasteiger partial charge in [0, 0.05) is 11.8 Å². The average molecular weight is 335 g/mol. The minimum atomic E-state index is -0.293. The number of carbonyl (C=O) groups is 1. The van der Waals surface area contributed by atoms with E-state index in [4.69, 9.17) is 4.52 Å². The van der Waals surface area contributed by atoms with Gasteiger partial charge >= 0.3 is 6.03 Å². The van der Waals surface area contributed by atoms with Gasteiger partial charge in [-0.3, -0.25) is 5.32 Å². The number of hydrogen-bond acceptors (Lipinski definition) is 6. The Morgan fingerprint density at radius 1 is 1.48 bits per heavy atom. The van der Waals surface area contributed by atoms with Crippen LogP contribution in [0.2, 0.25) is 0 Å². The van der Waals surface area contributed by atoms with Crippen LogP contribution in [0.3, 0.4) is 0 Å². The Morgan fingerprint density at radius 2 is 2.30 bits per heavy atom. The molecule has 2 atom stereocenters. The van der Waals surface area contributed by atoms with Gasteiger partial charge in [0.1, 0.15) is 0 Å². The number of fused-ring (bicyclic) bond motifs is 1. The van der Waals surface area contributed by atoms with Crippen LogP contribution >= 0.6 is 11.3 Å². The maximum absolute atomic E-state index is 12.2. The molecule has 0 saturated carbocycles. The van der Waals surface area contributed by atoms with E-state index in [1.54, 1.807) is 18.3 Å². The number of rotatable bonds is 4. The first-order chi connectivity index (χ1) is 11.0. The van der Waals surface area contributed by atoms with Crippen LogP contribution in [0.25, 0.3) is 0 Å². The molecule has 0 aromatic carbocycles. The molecule has 2 heterocycles. The predicted octanol–water partition coefficient (Wildman–Crippen LogP) is 3.23. The fraction of sp³-hybridized carbons (Fsp3) is 0.600. The molecule has 23 heavy (non-hydrogen) atoms. The van der Waals surface area contributed by atoms with E-state index in [0.29, 0.717) is 29.2 Å². The van der Waals surface area contributed by atoms with Crippen molar-refractivity contribution in [2.24, 2.45) is 5.92 Å². The Balaban J connectivity index is 1.63. The zero-order valence-corrected chi connectivity index (χ0v) is 14.4. The van der Waals surface area contributed by atoms with Crippen LogP contribution < -0.4 is 10.6 Å². The average Bonchev–Trinajstić information content (AvgIpc) is 3.10. The number of aryl methyl sites for hydroxylation is 2. The molecule has 124 valence electrons. The second-order valence-corrected chi connectivity index (χ2v) is 7.05. The lowest BCUT2D eigenvalue weighted by molar-refractivity contribution is 0.247. The van der Waals surface area contributed by atoms with Gasteiger partial charge in [0.05, 0.1) is 11.7 Å². The van der Waals surface area contributed by atoms with Crippen molar-refractivity contribution >= 4 is 22.5 Å². The molecule has 2 N–H and O–H groups in total. The quantitative estimate of drug-likeness (QED) is 0.895. The van der Waals surface area contributed by atoms with Crippen molar-refractivity contribution in [1.29, 1.82) is 0 Å². The van der Waals surface area contributed by atoms with Crippen molar-refractivity contribution in [3.05, 3.63) is 22.3 Å². The SMILES string of the molecule is CC[C@H](NC(=O)Nc1nc2c(s1)C[C@@H](C)CC2)c1noc(C)n1. The Labute approximate surface area is 138 Å². The van der Waals surface area contributed by atoms with Gasteiger partial charge in [-0.15, -0.1) is 11.3 Å². The third-order valence-corrected chi connectivity index (χ3v) is 5.01. The lowest BCUT2D eigenvalue weighted by atomic mass is 9.93. The van der Waals surface area contributed by atoms with E-state index in [1.165, 1.54) is 4.88 Å². The number of nitrogens with zero attached hydrogens (tertiary/aromatic N) is 3. The van der Waals surface area contributed by atoms with Gasteiger partial charge in [-0.1, -0.05) is 19.0 Å². The Bertz CT molecular complexity index is 696. The van der Waals surface area contributed by atoms with Gasteiger partial charge in [0.25, 0.3) is 0 Å². The molecule has 0 unspecified atom stereocenters. The van der Waals surface area contributed by atoms with E-state index >= 15 is 0 Å². The van der Waals surface area contributed by atoms with Gasteiger partial charge in [-0.25, -0.2) is 9.78 Å². The highest BCUT2D eigenvalue weighted by atomic mass is 32.1. The fourth-order valence-corrected chi connectivity index (χ4v) is 3.86. The summed E-state index contributed by atoms with van der Waals surface area (Å²) in [6.45, 7) is 5.94. The standard InChI is InChI=1S/C15H21N5O2S/c1-4-10(13-16-9(3)22-20-13)17-14(21)19-15-18-11-6-5-8(2)7-12(11)23-15/h8,10H,4-7H2,1-3H3,(H2,17,18,19,21)/t8-,10-/m0/s1. The van der Waals surface area contributed by atoms with Crippen LogP contribution in [-0.4, -0.2) is 21.2 Å². The molecule has 0 aliphatic heterocycles. The lowest BCUT2D eigenvalue weighted by Crippen LogP contribution is -2.32. The number of thiazole rings is 1.